The van der Waals surface area contributed by atoms with Crippen LogP contribution in [0.5, 0.6) is 0 Å². The van der Waals surface area contributed by atoms with Crippen LogP contribution in [-0.4, -0.2) is 6.98 Å². The first-order valence-electron chi connectivity index (χ1n) is 4.33. The molecular weight excluding hydrogens is 259 g/mol. The summed E-state index contributed by atoms with van der Waals surface area (Å²) in [6.07, 6.45) is 4.28. The first-order valence-corrected chi connectivity index (χ1v) is 4.78. The third-order valence-corrected chi connectivity index (χ3v) is 2.53. The molecule has 6 heteroatoms. The van der Waals surface area contributed by atoms with Crippen LogP contribution < -0.4 is 51.4 Å². The number of thiol groups is 1. The number of halogens is 3. The van der Waals surface area contributed by atoms with Crippen LogP contribution in [0.15, 0.2) is 17.0 Å². The van der Waals surface area contributed by atoms with Crippen LogP contribution in [0.2, 0.25) is 0 Å². The second-order valence-electron chi connectivity index (χ2n) is 3.35. The summed E-state index contributed by atoms with van der Waals surface area (Å²) in [4.78, 5) is 0.500. The maximum Gasteiger partial charge on any atom is 1.00 e. The molecule has 0 N–H and O–H groups in total. The first kappa shape index (κ1) is 16.6. The van der Waals surface area contributed by atoms with Gasteiger partial charge in [-0.15, -0.1) is 19.1 Å². The maximum atomic E-state index is 12.2. The Morgan fingerprint density at radius 1 is 1.38 bits per heavy atom. The zero-order chi connectivity index (χ0) is 11.6. The average molecular weight is 268 g/mol. The predicted octanol–water partition coefficient (Wildman–Crippen LogP) is 0.198. The van der Waals surface area contributed by atoms with Gasteiger partial charge in [-0.3, -0.25) is 0 Å². The summed E-state index contributed by atoms with van der Waals surface area (Å²) in [6.45, 7) is -3.09. The molecule has 1 aromatic rings. The summed E-state index contributed by atoms with van der Waals surface area (Å²) < 4.78 is 36.6. The van der Waals surface area contributed by atoms with Crippen molar-refractivity contribution < 1.29 is 64.3 Å². The summed E-state index contributed by atoms with van der Waals surface area (Å²) in [7, 11) is 0. The van der Waals surface area contributed by atoms with Crippen LogP contribution in [0.25, 0.3) is 0 Å². The summed E-state index contributed by atoms with van der Waals surface area (Å²) in [5.74, 6) is 2.35. The van der Waals surface area contributed by atoms with Gasteiger partial charge in [0.25, 0.3) is 0 Å². The molecule has 1 rings (SSSR count). The Bertz CT molecular complexity index is 423. The molecule has 0 radical (unpaired) electrons. The number of benzene rings is 1. The van der Waals surface area contributed by atoms with Gasteiger partial charge in [0.2, 0.25) is 0 Å². The third-order valence-electron chi connectivity index (χ3n) is 2.06. The molecular formula is C10H9BF3KS. The molecule has 0 fully saturated rings. The van der Waals surface area contributed by atoms with Crippen LogP contribution in [0, 0.1) is 19.3 Å². The predicted molar refractivity (Wildman–Crippen MR) is 59.1 cm³/mol. The third kappa shape index (κ3) is 4.86. The molecule has 0 atom stereocenters. The van der Waals surface area contributed by atoms with Crippen LogP contribution in [0.4, 0.5) is 12.9 Å². The number of hydrogen-bond acceptors (Lipinski definition) is 1. The van der Waals surface area contributed by atoms with E-state index in [0.29, 0.717) is 10.5 Å². The van der Waals surface area contributed by atoms with Crippen molar-refractivity contribution in [3.63, 3.8) is 0 Å². The summed E-state index contributed by atoms with van der Waals surface area (Å²) in [5, 5.41) is 0. The maximum absolute atomic E-state index is 12.2. The molecule has 0 aliphatic carbocycles. The zero-order valence-corrected chi connectivity index (χ0v) is 13.1. The van der Waals surface area contributed by atoms with E-state index >= 15 is 0 Å². The molecule has 0 saturated heterocycles. The Hall–Kier alpha value is 0.621. The van der Waals surface area contributed by atoms with E-state index in [9.17, 15) is 12.9 Å². The molecule has 0 amide bonds. The van der Waals surface area contributed by atoms with Crippen molar-refractivity contribution in [3.8, 4) is 12.3 Å². The van der Waals surface area contributed by atoms with Gasteiger partial charge in [-0.05, 0) is 24.6 Å². The van der Waals surface area contributed by atoms with Crippen molar-refractivity contribution >= 4 is 19.6 Å². The van der Waals surface area contributed by atoms with E-state index in [0.717, 1.165) is 5.56 Å². The van der Waals surface area contributed by atoms with E-state index in [2.05, 4.69) is 18.5 Å². The fraction of sp³-hybridized carbons (Fsp3) is 0.200. The number of rotatable bonds is 2. The fourth-order valence-corrected chi connectivity index (χ4v) is 1.58. The monoisotopic (exact) mass is 268 g/mol. The van der Waals surface area contributed by atoms with Crippen molar-refractivity contribution in [2.24, 2.45) is 0 Å². The quantitative estimate of drug-likeness (QED) is 0.442. The second-order valence-corrected chi connectivity index (χ2v) is 3.83. The molecule has 0 aliphatic heterocycles. The van der Waals surface area contributed by atoms with E-state index < -0.39 is 13.3 Å². The largest absolute Gasteiger partial charge is 1.00 e. The normalized spacial score (nSPS) is 10.5. The molecule has 0 saturated carbocycles. The average Bonchev–Trinajstić information content (AvgIpc) is 2.08. The van der Waals surface area contributed by atoms with Crippen LogP contribution >= 0.6 is 12.6 Å². The molecule has 80 valence electrons. The van der Waals surface area contributed by atoms with Gasteiger partial charge >= 0.3 is 58.4 Å². The molecule has 0 aromatic heterocycles. The smallest absolute Gasteiger partial charge is 0.449 e. The second kappa shape index (κ2) is 6.53. The molecule has 0 heterocycles. The SMILES string of the molecule is C#Cc1cc(C[B-](F)(F)F)cc(S)c1C.[K+]. The van der Waals surface area contributed by atoms with Gasteiger partial charge in [0.05, 0.1) is 0 Å². The van der Waals surface area contributed by atoms with E-state index in [4.69, 9.17) is 6.42 Å². The Labute approximate surface area is 141 Å². The first-order chi connectivity index (χ1) is 6.83. The summed E-state index contributed by atoms with van der Waals surface area (Å²) in [5.41, 5.74) is 1.38. The zero-order valence-electron chi connectivity index (χ0n) is 9.10. The van der Waals surface area contributed by atoms with E-state index in [1.165, 1.54) is 12.1 Å². The standard InChI is InChI=1S/C10H9BF3S.K/c1-3-9-4-8(6-11(12,13)14)5-10(15)7(9)2;/h1,4-5,15H,6H2,2H3;/q-1;+1. The van der Waals surface area contributed by atoms with Crippen molar-refractivity contribution in [3.05, 3.63) is 28.8 Å². The van der Waals surface area contributed by atoms with E-state index in [1.54, 1.807) is 6.92 Å². The molecule has 16 heavy (non-hydrogen) atoms. The van der Waals surface area contributed by atoms with Gasteiger partial charge in [-0.2, -0.15) is 0 Å². The van der Waals surface area contributed by atoms with Gasteiger partial charge in [0, 0.05) is 10.5 Å². The minimum absolute atomic E-state index is 0. The van der Waals surface area contributed by atoms with Crippen molar-refractivity contribution in [2.45, 2.75) is 18.1 Å². The van der Waals surface area contributed by atoms with Gasteiger partial charge in [-0.25, -0.2) is 0 Å². The van der Waals surface area contributed by atoms with Gasteiger partial charge in [-0.1, -0.05) is 17.8 Å². The molecule has 0 bridgehead atoms. The molecule has 0 unspecified atom stereocenters. The van der Waals surface area contributed by atoms with Gasteiger partial charge < -0.3 is 12.9 Å². The molecule has 0 nitrogen and oxygen atoms in total. The molecule has 1 aromatic carbocycles. The van der Waals surface area contributed by atoms with Crippen molar-refractivity contribution in [1.29, 1.82) is 0 Å². The molecule has 0 spiro atoms. The number of terminal acetylenes is 1. The molecule has 0 aliphatic rings. The van der Waals surface area contributed by atoms with Crippen molar-refractivity contribution in [1.82, 2.24) is 0 Å². The minimum Gasteiger partial charge on any atom is -0.449 e. The Morgan fingerprint density at radius 3 is 2.38 bits per heavy atom. The van der Waals surface area contributed by atoms with Crippen LogP contribution in [0.3, 0.4) is 0 Å². The van der Waals surface area contributed by atoms with Crippen LogP contribution in [-0.2, 0) is 6.32 Å². The van der Waals surface area contributed by atoms with Crippen molar-refractivity contribution in [2.75, 3.05) is 0 Å². The number of hydrogen-bond donors (Lipinski definition) is 1. The summed E-state index contributed by atoms with van der Waals surface area (Å²) >= 11 is 4.08. The Kier molecular flexibility index (Phi) is 6.78. The Balaban J connectivity index is 0.00000225. The topological polar surface area (TPSA) is 0 Å². The fourth-order valence-electron chi connectivity index (χ4n) is 1.29. The van der Waals surface area contributed by atoms with Crippen LogP contribution in [0.1, 0.15) is 16.7 Å². The van der Waals surface area contributed by atoms with Gasteiger partial charge in [0.1, 0.15) is 0 Å². The van der Waals surface area contributed by atoms with Gasteiger partial charge in [0.15, 0.2) is 0 Å². The minimum atomic E-state index is -4.83. The Morgan fingerprint density at radius 2 is 1.94 bits per heavy atom. The summed E-state index contributed by atoms with van der Waals surface area (Å²) in [6, 6.07) is 2.80. The van der Waals surface area contributed by atoms with E-state index in [1.807, 2.05) is 0 Å². The van der Waals surface area contributed by atoms with E-state index in [-0.39, 0.29) is 56.9 Å².